The van der Waals surface area contributed by atoms with Crippen LogP contribution in [0.1, 0.15) is 44.6 Å². The second-order valence-electron chi connectivity index (χ2n) is 4.84. The highest BCUT2D eigenvalue weighted by atomic mass is 19.1. The number of carbonyl (C=O) groups is 1. The van der Waals surface area contributed by atoms with Gasteiger partial charge in [0.1, 0.15) is 5.82 Å². The van der Waals surface area contributed by atoms with Gasteiger partial charge in [0.05, 0.1) is 0 Å². The number of halogens is 1. The van der Waals surface area contributed by atoms with Crippen LogP contribution in [0.2, 0.25) is 0 Å². The number of amides is 1. The fraction of sp³-hybridized carbons (Fsp3) is 0.533. The molecule has 0 aliphatic carbocycles. The molecule has 0 bridgehead atoms. The lowest BCUT2D eigenvalue weighted by molar-refractivity contribution is -0.122. The Morgan fingerprint density at radius 3 is 2.53 bits per heavy atom. The van der Waals surface area contributed by atoms with E-state index in [1.807, 2.05) is 13.8 Å². The third kappa shape index (κ3) is 5.39. The van der Waals surface area contributed by atoms with Crippen LogP contribution in [0, 0.1) is 5.82 Å². The van der Waals surface area contributed by atoms with Gasteiger partial charge in [0.2, 0.25) is 5.91 Å². The molecule has 2 atom stereocenters. The van der Waals surface area contributed by atoms with E-state index in [1.54, 1.807) is 12.1 Å². The summed E-state index contributed by atoms with van der Waals surface area (Å²) < 4.78 is 12.8. The van der Waals surface area contributed by atoms with Crippen LogP contribution in [0.3, 0.4) is 0 Å². The monoisotopic (exact) mass is 267 g/mol. The van der Waals surface area contributed by atoms with E-state index < -0.39 is 0 Å². The van der Waals surface area contributed by atoms with Gasteiger partial charge in [-0.05, 0) is 36.5 Å². The van der Waals surface area contributed by atoms with Gasteiger partial charge in [-0.25, -0.2) is 4.39 Å². The second-order valence-corrected chi connectivity index (χ2v) is 4.84. The topological polar surface area (TPSA) is 49.3 Å². The van der Waals surface area contributed by atoms with E-state index in [0.717, 1.165) is 12.0 Å². The molecule has 2 N–H and O–H groups in total. The van der Waals surface area contributed by atoms with Crippen molar-refractivity contribution in [3.8, 4) is 0 Å². The minimum atomic E-state index is -0.269. The van der Waals surface area contributed by atoms with Gasteiger partial charge in [0, 0.05) is 19.1 Å². The molecular formula is C15H22FNO2. The predicted octanol–water partition coefficient (Wildman–Crippen LogP) is 2.60. The van der Waals surface area contributed by atoms with Gasteiger partial charge >= 0.3 is 0 Å². The van der Waals surface area contributed by atoms with Crippen LogP contribution >= 0.6 is 0 Å². The fourth-order valence-electron chi connectivity index (χ4n) is 2.01. The van der Waals surface area contributed by atoms with Crippen molar-refractivity contribution in [3.63, 3.8) is 0 Å². The van der Waals surface area contributed by atoms with Gasteiger partial charge in [-0.2, -0.15) is 0 Å². The first kappa shape index (κ1) is 15.6. The molecule has 0 saturated carbocycles. The molecule has 106 valence electrons. The smallest absolute Gasteiger partial charge is 0.220 e. The van der Waals surface area contributed by atoms with Crippen molar-refractivity contribution in [2.45, 2.75) is 45.1 Å². The average Bonchev–Trinajstić information content (AvgIpc) is 2.38. The summed E-state index contributed by atoms with van der Waals surface area (Å²) in [5.41, 5.74) is 0.951. The summed E-state index contributed by atoms with van der Waals surface area (Å²) >= 11 is 0. The number of hydrogen-bond donors (Lipinski definition) is 2. The van der Waals surface area contributed by atoms with E-state index in [-0.39, 0.29) is 30.3 Å². The number of carbonyl (C=O) groups excluding carboxylic acids is 1. The number of rotatable bonds is 7. The molecule has 1 aromatic rings. The molecule has 4 heteroatoms. The molecule has 2 unspecified atom stereocenters. The van der Waals surface area contributed by atoms with Crippen LogP contribution in [-0.2, 0) is 4.79 Å². The van der Waals surface area contributed by atoms with Crippen molar-refractivity contribution in [1.29, 1.82) is 0 Å². The maximum absolute atomic E-state index is 12.8. The van der Waals surface area contributed by atoms with Crippen LogP contribution in [-0.4, -0.2) is 23.7 Å². The Labute approximate surface area is 113 Å². The maximum atomic E-state index is 12.8. The first-order valence-corrected chi connectivity index (χ1v) is 6.72. The van der Waals surface area contributed by atoms with Gasteiger partial charge in [0.25, 0.3) is 0 Å². The van der Waals surface area contributed by atoms with Gasteiger partial charge in [0.15, 0.2) is 0 Å². The molecule has 19 heavy (non-hydrogen) atoms. The number of aliphatic hydroxyl groups excluding tert-OH is 1. The normalized spacial score (nSPS) is 13.9. The average molecular weight is 267 g/mol. The molecule has 0 radical (unpaired) electrons. The summed E-state index contributed by atoms with van der Waals surface area (Å²) in [6, 6.07) is 6.25. The second kappa shape index (κ2) is 7.89. The van der Waals surface area contributed by atoms with Gasteiger partial charge in [-0.3, -0.25) is 4.79 Å². The molecule has 0 spiro atoms. The van der Waals surface area contributed by atoms with Crippen molar-refractivity contribution >= 4 is 5.91 Å². The highest BCUT2D eigenvalue weighted by molar-refractivity contribution is 5.77. The Morgan fingerprint density at radius 2 is 2.00 bits per heavy atom. The Morgan fingerprint density at radius 1 is 1.37 bits per heavy atom. The summed E-state index contributed by atoms with van der Waals surface area (Å²) in [5.74, 6) is -0.251. The molecular weight excluding hydrogens is 245 g/mol. The molecule has 1 amide bonds. The first-order chi connectivity index (χ1) is 9.06. The summed E-state index contributed by atoms with van der Waals surface area (Å²) in [7, 11) is 0. The maximum Gasteiger partial charge on any atom is 0.220 e. The quantitative estimate of drug-likeness (QED) is 0.797. The van der Waals surface area contributed by atoms with Crippen molar-refractivity contribution < 1.29 is 14.3 Å². The van der Waals surface area contributed by atoms with E-state index in [1.165, 1.54) is 12.1 Å². The molecule has 3 nitrogen and oxygen atoms in total. The number of nitrogens with one attached hydrogen (secondary N) is 1. The molecule has 0 fully saturated rings. The minimum Gasteiger partial charge on any atom is -0.396 e. The van der Waals surface area contributed by atoms with Crippen molar-refractivity contribution in [2.75, 3.05) is 6.61 Å². The third-order valence-electron chi connectivity index (χ3n) is 3.27. The summed E-state index contributed by atoms with van der Waals surface area (Å²) in [6.45, 7) is 4.00. The van der Waals surface area contributed by atoms with E-state index in [0.29, 0.717) is 12.8 Å². The van der Waals surface area contributed by atoms with Crippen LogP contribution in [0.5, 0.6) is 0 Å². The minimum absolute atomic E-state index is 0.0258. The zero-order valence-electron chi connectivity index (χ0n) is 11.5. The molecule has 1 rings (SSSR count). The van der Waals surface area contributed by atoms with Crippen molar-refractivity contribution in [1.82, 2.24) is 5.32 Å². The van der Waals surface area contributed by atoms with E-state index in [4.69, 9.17) is 5.11 Å². The lowest BCUT2D eigenvalue weighted by Gasteiger charge is -2.18. The van der Waals surface area contributed by atoms with Crippen molar-refractivity contribution in [2.24, 2.45) is 0 Å². The van der Waals surface area contributed by atoms with E-state index in [2.05, 4.69) is 5.32 Å². The Hall–Kier alpha value is -1.42. The first-order valence-electron chi connectivity index (χ1n) is 6.72. The largest absolute Gasteiger partial charge is 0.396 e. The van der Waals surface area contributed by atoms with Crippen LogP contribution in [0.25, 0.3) is 0 Å². The van der Waals surface area contributed by atoms with Gasteiger partial charge in [-0.15, -0.1) is 0 Å². The van der Waals surface area contributed by atoms with Crippen LogP contribution in [0.15, 0.2) is 24.3 Å². The fourth-order valence-corrected chi connectivity index (χ4v) is 2.01. The molecule has 0 aromatic heterocycles. The highest BCUT2D eigenvalue weighted by Gasteiger charge is 2.14. The van der Waals surface area contributed by atoms with E-state index in [9.17, 15) is 9.18 Å². The van der Waals surface area contributed by atoms with Gasteiger partial charge in [-0.1, -0.05) is 26.0 Å². The predicted molar refractivity (Wildman–Crippen MR) is 73.4 cm³/mol. The Bertz CT molecular complexity index is 392. The SMILES string of the molecule is CCC(CCO)NC(=O)CC(C)c1ccc(F)cc1. The number of benzene rings is 1. The zero-order chi connectivity index (χ0) is 14.3. The highest BCUT2D eigenvalue weighted by Crippen LogP contribution is 2.19. The van der Waals surface area contributed by atoms with Crippen LogP contribution < -0.4 is 5.32 Å². The molecule has 0 saturated heterocycles. The summed E-state index contributed by atoms with van der Waals surface area (Å²) in [6.07, 6.45) is 1.75. The summed E-state index contributed by atoms with van der Waals surface area (Å²) in [4.78, 5) is 11.9. The third-order valence-corrected chi connectivity index (χ3v) is 3.27. The van der Waals surface area contributed by atoms with Crippen molar-refractivity contribution in [3.05, 3.63) is 35.6 Å². The zero-order valence-corrected chi connectivity index (χ0v) is 11.5. The van der Waals surface area contributed by atoms with Gasteiger partial charge < -0.3 is 10.4 Å². The van der Waals surface area contributed by atoms with Crippen LogP contribution in [0.4, 0.5) is 4.39 Å². The molecule has 0 aliphatic rings. The van der Waals surface area contributed by atoms with E-state index >= 15 is 0 Å². The Balaban J connectivity index is 2.49. The Kier molecular flexibility index (Phi) is 6.50. The molecule has 1 aromatic carbocycles. The number of hydrogen-bond acceptors (Lipinski definition) is 2. The molecule has 0 aliphatic heterocycles. The number of aliphatic hydroxyl groups is 1. The lowest BCUT2D eigenvalue weighted by Crippen LogP contribution is -2.35. The lowest BCUT2D eigenvalue weighted by atomic mass is 9.97. The summed E-state index contributed by atoms with van der Waals surface area (Å²) in [5, 5.41) is 11.8. The standard InChI is InChI=1S/C15H22FNO2/c1-3-14(8-9-18)17-15(19)10-11(2)12-4-6-13(16)7-5-12/h4-7,11,14,18H,3,8-10H2,1-2H3,(H,17,19). The molecule has 0 heterocycles.